The number of carboxylic acids is 1. The van der Waals surface area contributed by atoms with Crippen LogP contribution in [-0.2, 0) is 9.53 Å². The maximum absolute atomic E-state index is 11.8. The summed E-state index contributed by atoms with van der Waals surface area (Å²) in [6.45, 7) is -0.600. The fraction of sp³-hybridized carbons (Fsp3) is 0.0667. The Hall–Kier alpha value is -2.64. The van der Waals surface area contributed by atoms with Crippen LogP contribution in [0.15, 0.2) is 36.5 Å². The van der Waals surface area contributed by atoms with Gasteiger partial charge in [0.05, 0.1) is 21.8 Å². The second-order valence-corrected chi connectivity index (χ2v) is 5.23. The van der Waals surface area contributed by atoms with E-state index < -0.39 is 24.5 Å². The minimum Gasteiger partial charge on any atom is -0.478 e. The van der Waals surface area contributed by atoms with Gasteiger partial charge in [-0.1, -0.05) is 23.2 Å². The van der Waals surface area contributed by atoms with Crippen molar-refractivity contribution < 1.29 is 24.2 Å². The number of nitrogens with zero attached hydrogens (tertiary/aromatic N) is 1. The molecule has 0 aliphatic heterocycles. The van der Waals surface area contributed by atoms with Gasteiger partial charge in [0.25, 0.3) is 5.91 Å². The van der Waals surface area contributed by atoms with Crippen LogP contribution < -0.4 is 5.32 Å². The number of aromatic nitrogens is 1. The number of halogens is 2. The molecule has 1 aromatic heterocycles. The van der Waals surface area contributed by atoms with Gasteiger partial charge in [0.2, 0.25) is 0 Å². The maximum Gasteiger partial charge on any atom is 0.341 e. The smallest absolute Gasteiger partial charge is 0.341 e. The van der Waals surface area contributed by atoms with Crippen LogP contribution in [0.2, 0.25) is 10.2 Å². The Morgan fingerprint density at radius 2 is 1.96 bits per heavy atom. The Morgan fingerprint density at radius 3 is 2.62 bits per heavy atom. The first-order chi connectivity index (χ1) is 11.4. The number of nitrogens with one attached hydrogen (secondary N) is 1. The molecule has 0 saturated carbocycles. The standard InChI is InChI=1S/C15H10Cl2N2O5/c16-10-4-3-8(14(21)22)6-11(10)19-12(20)7-24-15(23)9-2-1-5-18-13(9)17/h1-6H,7H2,(H,19,20)(H,21,22). The van der Waals surface area contributed by atoms with Crippen molar-refractivity contribution in [3.8, 4) is 0 Å². The average Bonchev–Trinajstić information content (AvgIpc) is 2.55. The summed E-state index contributed by atoms with van der Waals surface area (Å²) in [5.74, 6) is -2.67. The van der Waals surface area contributed by atoms with Gasteiger partial charge in [-0.2, -0.15) is 0 Å². The highest BCUT2D eigenvalue weighted by atomic mass is 35.5. The lowest BCUT2D eigenvalue weighted by Gasteiger charge is -2.09. The van der Waals surface area contributed by atoms with Gasteiger partial charge in [-0.25, -0.2) is 14.6 Å². The molecule has 0 atom stereocenters. The van der Waals surface area contributed by atoms with Crippen LogP contribution in [0.25, 0.3) is 0 Å². The average molecular weight is 369 g/mol. The first-order valence-electron chi connectivity index (χ1n) is 6.49. The first kappa shape index (κ1) is 17.7. The maximum atomic E-state index is 11.8. The molecular weight excluding hydrogens is 359 g/mol. The number of hydrogen-bond acceptors (Lipinski definition) is 5. The molecule has 0 aliphatic carbocycles. The molecule has 0 radical (unpaired) electrons. The zero-order valence-corrected chi connectivity index (χ0v) is 13.5. The Bertz CT molecular complexity index is 810. The molecule has 0 saturated heterocycles. The summed E-state index contributed by atoms with van der Waals surface area (Å²) in [5, 5.41) is 11.4. The molecule has 124 valence electrons. The van der Waals surface area contributed by atoms with Gasteiger partial charge in [-0.3, -0.25) is 4.79 Å². The quantitative estimate of drug-likeness (QED) is 0.620. The van der Waals surface area contributed by atoms with Crippen LogP contribution in [0, 0.1) is 0 Å². The fourth-order valence-electron chi connectivity index (χ4n) is 1.69. The third-order valence-corrected chi connectivity index (χ3v) is 3.43. The minimum atomic E-state index is -1.17. The van der Waals surface area contributed by atoms with E-state index >= 15 is 0 Å². The van der Waals surface area contributed by atoms with Gasteiger partial charge in [0.15, 0.2) is 6.61 Å². The fourth-order valence-corrected chi connectivity index (χ4v) is 2.05. The molecule has 0 spiro atoms. The van der Waals surface area contributed by atoms with E-state index in [-0.39, 0.29) is 27.0 Å². The van der Waals surface area contributed by atoms with Crippen LogP contribution in [0.1, 0.15) is 20.7 Å². The molecule has 2 aromatic rings. The van der Waals surface area contributed by atoms with E-state index in [0.29, 0.717) is 0 Å². The summed E-state index contributed by atoms with van der Waals surface area (Å²) in [4.78, 5) is 38.3. The Balaban J connectivity index is 1.99. The van der Waals surface area contributed by atoms with Crippen molar-refractivity contribution in [1.82, 2.24) is 4.98 Å². The minimum absolute atomic E-state index is 0.0258. The van der Waals surface area contributed by atoms with Gasteiger partial charge in [-0.05, 0) is 30.3 Å². The number of esters is 1. The van der Waals surface area contributed by atoms with Crippen molar-refractivity contribution in [3.05, 3.63) is 57.8 Å². The van der Waals surface area contributed by atoms with Crippen molar-refractivity contribution in [1.29, 1.82) is 0 Å². The molecule has 0 bridgehead atoms. The molecule has 0 fully saturated rings. The topological polar surface area (TPSA) is 106 Å². The third kappa shape index (κ3) is 4.43. The summed E-state index contributed by atoms with van der Waals surface area (Å²) < 4.78 is 4.83. The molecule has 1 heterocycles. The number of hydrogen-bond donors (Lipinski definition) is 2. The zero-order valence-electron chi connectivity index (χ0n) is 12.0. The highest BCUT2D eigenvalue weighted by Gasteiger charge is 2.15. The van der Waals surface area contributed by atoms with Crippen molar-refractivity contribution in [2.75, 3.05) is 11.9 Å². The van der Waals surface area contributed by atoms with Crippen LogP contribution in [-0.4, -0.2) is 34.5 Å². The second kappa shape index (κ2) is 7.76. The van der Waals surface area contributed by atoms with E-state index in [1.807, 2.05) is 0 Å². The number of pyridine rings is 1. The monoisotopic (exact) mass is 368 g/mol. The summed E-state index contributed by atoms with van der Waals surface area (Å²) in [6, 6.07) is 6.73. The Kier molecular flexibility index (Phi) is 5.73. The molecule has 1 amide bonds. The lowest BCUT2D eigenvalue weighted by atomic mass is 10.2. The van der Waals surface area contributed by atoms with Crippen molar-refractivity contribution >= 4 is 46.7 Å². The SMILES string of the molecule is O=C(COC(=O)c1cccnc1Cl)Nc1cc(C(=O)O)ccc1Cl. The molecule has 2 rings (SSSR count). The second-order valence-electron chi connectivity index (χ2n) is 4.47. The van der Waals surface area contributed by atoms with Crippen LogP contribution >= 0.6 is 23.2 Å². The number of carboxylic acid groups (broad SMARTS) is 1. The van der Waals surface area contributed by atoms with E-state index in [1.165, 1.54) is 36.5 Å². The molecule has 24 heavy (non-hydrogen) atoms. The Morgan fingerprint density at radius 1 is 1.21 bits per heavy atom. The molecule has 0 aliphatic rings. The van der Waals surface area contributed by atoms with E-state index in [9.17, 15) is 14.4 Å². The Labute approximate surface area is 146 Å². The number of carbonyl (C=O) groups is 3. The number of amides is 1. The lowest BCUT2D eigenvalue weighted by molar-refractivity contribution is -0.119. The predicted molar refractivity (Wildman–Crippen MR) is 86.6 cm³/mol. The van der Waals surface area contributed by atoms with Gasteiger partial charge in [-0.15, -0.1) is 0 Å². The van der Waals surface area contributed by atoms with Crippen LogP contribution in [0.5, 0.6) is 0 Å². The highest BCUT2D eigenvalue weighted by Crippen LogP contribution is 2.23. The van der Waals surface area contributed by atoms with E-state index in [1.54, 1.807) is 0 Å². The van der Waals surface area contributed by atoms with Gasteiger partial charge in [0, 0.05) is 6.20 Å². The molecule has 1 aromatic carbocycles. The number of aromatic carboxylic acids is 1. The number of anilines is 1. The van der Waals surface area contributed by atoms with Crippen LogP contribution in [0.4, 0.5) is 5.69 Å². The van der Waals surface area contributed by atoms with Gasteiger partial charge < -0.3 is 15.2 Å². The van der Waals surface area contributed by atoms with Gasteiger partial charge in [0.1, 0.15) is 5.15 Å². The van der Waals surface area contributed by atoms with Crippen molar-refractivity contribution in [2.45, 2.75) is 0 Å². The summed E-state index contributed by atoms with van der Waals surface area (Å²) in [5.41, 5.74) is 0.0729. The predicted octanol–water partition coefficient (Wildman–Crippen LogP) is 2.88. The normalized spacial score (nSPS) is 10.1. The molecule has 7 nitrogen and oxygen atoms in total. The number of rotatable bonds is 5. The molecular formula is C15H10Cl2N2O5. The molecule has 2 N–H and O–H groups in total. The summed E-state index contributed by atoms with van der Waals surface area (Å²) >= 11 is 11.6. The van der Waals surface area contributed by atoms with Gasteiger partial charge >= 0.3 is 11.9 Å². The van der Waals surface area contributed by atoms with Crippen molar-refractivity contribution in [2.24, 2.45) is 0 Å². The highest BCUT2D eigenvalue weighted by molar-refractivity contribution is 6.34. The third-order valence-electron chi connectivity index (χ3n) is 2.80. The lowest BCUT2D eigenvalue weighted by Crippen LogP contribution is -2.21. The summed E-state index contributed by atoms with van der Waals surface area (Å²) in [6.07, 6.45) is 1.41. The number of benzene rings is 1. The largest absolute Gasteiger partial charge is 0.478 e. The van der Waals surface area contributed by atoms with E-state index in [0.717, 1.165) is 0 Å². The van der Waals surface area contributed by atoms with E-state index in [4.69, 9.17) is 33.0 Å². The van der Waals surface area contributed by atoms with E-state index in [2.05, 4.69) is 10.3 Å². The van der Waals surface area contributed by atoms with Crippen molar-refractivity contribution in [3.63, 3.8) is 0 Å². The number of carbonyl (C=O) groups excluding carboxylic acids is 2. The summed E-state index contributed by atoms with van der Waals surface area (Å²) in [7, 11) is 0. The zero-order chi connectivity index (χ0) is 17.7. The first-order valence-corrected chi connectivity index (χ1v) is 7.24. The number of ether oxygens (including phenoxy) is 1. The van der Waals surface area contributed by atoms with Crippen LogP contribution in [0.3, 0.4) is 0 Å². The molecule has 0 unspecified atom stereocenters. The molecule has 9 heteroatoms.